The van der Waals surface area contributed by atoms with Gasteiger partial charge in [-0.1, -0.05) is 220 Å². The van der Waals surface area contributed by atoms with Gasteiger partial charge in [0.05, 0.1) is 13.1 Å². The van der Waals surface area contributed by atoms with Gasteiger partial charge in [-0.2, -0.15) is 0 Å². The van der Waals surface area contributed by atoms with Crippen molar-refractivity contribution in [3.05, 3.63) is 18.2 Å². The molecule has 0 aliphatic carbocycles. The van der Waals surface area contributed by atoms with E-state index in [4.69, 9.17) is 0 Å². The highest BCUT2D eigenvalue weighted by molar-refractivity contribution is 4.84. The van der Waals surface area contributed by atoms with Gasteiger partial charge in [-0.15, -0.1) is 0 Å². The van der Waals surface area contributed by atoms with E-state index in [0.29, 0.717) is 0 Å². The zero-order chi connectivity index (χ0) is 33.7. The Kier molecular flexibility index (Phi) is 34.3. The van der Waals surface area contributed by atoms with Crippen LogP contribution in [0.25, 0.3) is 0 Å². The van der Waals surface area contributed by atoms with E-state index in [2.05, 4.69) is 42.3 Å². The van der Waals surface area contributed by atoms with Gasteiger partial charge in [0, 0.05) is 6.42 Å². The van der Waals surface area contributed by atoms with Crippen molar-refractivity contribution in [2.24, 2.45) is 0 Å². The first-order valence-electron chi connectivity index (χ1n) is 22.4. The van der Waals surface area contributed by atoms with Crippen LogP contribution in [0.3, 0.4) is 0 Å². The molecule has 2 heteroatoms. The van der Waals surface area contributed by atoms with Crippen LogP contribution < -0.4 is 4.57 Å². The van der Waals surface area contributed by atoms with E-state index in [-0.39, 0.29) is 0 Å². The fourth-order valence-corrected chi connectivity index (χ4v) is 7.56. The Morgan fingerprint density at radius 1 is 0.362 bits per heavy atom. The summed E-state index contributed by atoms with van der Waals surface area (Å²) in [5, 5.41) is 0. The maximum absolute atomic E-state index is 2.64. The molecule has 47 heavy (non-hydrogen) atoms. The van der Waals surface area contributed by atoms with E-state index < -0.39 is 0 Å². The summed E-state index contributed by atoms with van der Waals surface area (Å²) < 4.78 is 5.28. The number of imidazole rings is 1. The Hall–Kier alpha value is -0.790. The van der Waals surface area contributed by atoms with Crippen molar-refractivity contribution in [1.29, 1.82) is 0 Å². The summed E-state index contributed by atoms with van der Waals surface area (Å²) in [6, 6.07) is 0. The summed E-state index contributed by atoms with van der Waals surface area (Å²) in [5.74, 6) is 1.63. The van der Waals surface area contributed by atoms with Gasteiger partial charge < -0.3 is 0 Å². The van der Waals surface area contributed by atoms with Crippen LogP contribution in [0, 0.1) is 0 Å². The number of aromatic nitrogens is 2. The molecule has 0 spiro atoms. The summed E-state index contributed by atoms with van der Waals surface area (Å²) in [4.78, 5) is 0. The van der Waals surface area contributed by atoms with Gasteiger partial charge in [0.15, 0.2) is 0 Å². The minimum Gasteiger partial charge on any atom is -0.234 e. The highest BCUT2D eigenvalue weighted by atomic mass is 15.1. The molecule has 2 nitrogen and oxygen atoms in total. The molecule has 1 heterocycles. The fraction of sp³-hybridized carbons (Fsp3) is 0.933. The van der Waals surface area contributed by atoms with E-state index in [1.165, 1.54) is 251 Å². The summed E-state index contributed by atoms with van der Waals surface area (Å²) in [6.07, 6.45) is 57.9. The average Bonchev–Trinajstić information content (AvgIpc) is 3.47. The summed E-state index contributed by atoms with van der Waals surface area (Å²) in [7, 11) is 0. The molecule has 0 aliphatic heterocycles. The maximum Gasteiger partial charge on any atom is 0.256 e. The molecule has 1 rings (SSSR count). The molecule has 0 bridgehead atoms. The van der Waals surface area contributed by atoms with Crippen molar-refractivity contribution < 1.29 is 4.57 Å². The molecule has 0 amide bonds. The number of rotatable bonds is 39. The SMILES string of the molecule is CCCCCCCCCCCCCCCCCCCc1n(CCCCCCCCCCCCCC)cc[n+]1CCCCCCCCC. The van der Waals surface area contributed by atoms with Gasteiger partial charge >= 0.3 is 0 Å². The first kappa shape index (κ1) is 44.2. The Balaban J connectivity index is 2.21. The van der Waals surface area contributed by atoms with Crippen LogP contribution in [-0.4, -0.2) is 4.57 Å². The molecule has 0 unspecified atom stereocenters. The number of hydrogen-bond acceptors (Lipinski definition) is 0. The van der Waals surface area contributed by atoms with Crippen LogP contribution >= 0.6 is 0 Å². The van der Waals surface area contributed by atoms with Gasteiger partial charge in [-0.25, -0.2) is 9.13 Å². The quantitative estimate of drug-likeness (QED) is 0.0492. The lowest BCUT2D eigenvalue weighted by Gasteiger charge is -2.07. The Morgan fingerprint density at radius 2 is 0.660 bits per heavy atom. The Labute approximate surface area is 298 Å². The molecule has 1 aromatic rings. The van der Waals surface area contributed by atoms with Crippen molar-refractivity contribution in [2.75, 3.05) is 0 Å². The molecule has 278 valence electrons. The predicted molar refractivity (Wildman–Crippen MR) is 212 cm³/mol. The number of unbranched alkanes of at least 4 members (excludes halogenated alkanes) is 33. The van der Waals surface area contributed by atoms with E-state index in [1.54, 1.807) is 5.82 Å². The van der Waals surface area contributed by atoms with E-state index in [1.807, 2.05) is 0 Å². The molecule has 0 radical (unpaired) electrons. The van der Waals surface area contributed by atoms with Gasteiger partial charge in [-0.3, -0.25) is 0 Å². The number of hydrogen-bond donors (Lipinski definition) is 0. The second kappa shape index (κ2) is 36.5. The molecule has 0 atom stereocenters. The third kappa shape index (κ3) is 28.7. The van der Waals surface area contributed by atoms with Gasteiger partial charge in [-0.05, 0) is 32.1 Å². The van der Waals surface area contributed by atoms with Crippen molar-refractivity contribution in [3.63, 3.8) is 0 Å². The first-order chi connectivity index (χ1) is 23.3. The maximum atomic E-state index is 2.64. The van der Waals surface area contributed by atoms with Gasteiger partial charge in [0.1, 0.15) is 12.4 Å². The van der Waals surface area contributed by atoms with E-state index in [9.17, 15) is 0 Å². The average molecular weight is 658 g/mol. The molecule has 0 saturated carbocycles. The third-order valence-corrected chi connectivity index (χ3v) is 10.8. The molecule has 0 saturated heterocycles. The highest BCUT2D eigenvalue weighted by Crippen LogP contribution is 2.16. The van der Waals surface area contributed by atoms with Crippen molar-refractivity contribution in [1.82, 2.24) is 4.57 Å². The van der Waals surface area contributed by atoms with Crippen LogP contribution in [0.1, 0.15) is 258 Å². The van der Waals surface area contributed by atoms with E-state index >= 15 is 0 Å². The zero-order valence-corrected chi connectivity index (χ0v) is 33.1. The second-order valence-electron chi connectivity index (χ2n) is 15.5. The van der Waals surface area contributed by atoms with Crippen LogP contribution in [0.15, 0.2) is 12.4 Å². The van der Waals surface area contributed by atoms with Crippen molar-refractivity contribution in [2.45, 2.75) is 271 Å². The van der Waals surface area contributed by atoms with Gasteiger partial charge in [0.25, 0.3) is 5.82 Å². The van der Waals surface area contributed by atoms with Crippen LogP contribution in [0.5, 0.6) is 0 Å². The monoisotopic (exact) mass is 658 g/mol. The molecule has 0 aromatic carbocycles. The minimum absolute atomic E-state index is 1.23. The standard InChI is InChI=1S/C45H89N2/c1-4-7-10-13-16-18-20-22-23-24-25-26-27-29-31-34-37-40-45-46(41-38-35-32-15-12-9-6-3)43-44-47(45)42-39-36-33-30-28-21-19-17-14-11-8-5-2/h43-44H,4-42H2,1-3H3/q+1. The lowest BCUT2D eigenvalue weighted by Crippen LogP contribution is -2.37. The molecule has 0 aliphatic rings. The first-order valence-corrected chi connectivity index (χ1v) is 22.4. The topological polar surface area (TPSA) is 8.81 Å². The summed E-state index contributed by atoms with van der Waals surface area (Å²) in [6.45, 7) is 9.41. The van der Waals surface area contributed by atoms with Crippen LogP contribution in [0.4, 0.5) is 0 Å². The predicted octanol–water partition coefficient (Wildman–Crippen LogP) is 15.4. The molecule has 0 fully saturated rings. The molecular formula is C45H89N2+. The summed E-state index contributed by atoms with van der Waals surface area (Å²) >= 11 is 0. The zero-order valence-electron chi connectivity index (χ0n) is 33.1. The third-order valence-electron chi connectivity index (χ3n) is 10.8. The minimum atomic E-state index is 1.23. The largest absolute Gasteiger partial charge is 0.256 e. The smallest absolute Gasteiger partial charge is 0.234 e. The summed E-state index contributed by atoms with van der Waals surface area (Å²) in [5.41, 5.74) is 0. The Morgan fingerprint density at radius 3 is 1.02 bits per heavy atom. The number of nitrogens with zero attached hydrogens (tertiary/aromatic N) is 2. The number of aryl methyl sites for hydroxylation is 2. The van der Waals surface area contributed by atoms with Crippen molar-refractivity contribution in [3.8, 4) is 0 Å². The normalized spacial score (nSPS) is 11.6. The molecule has 1 aromatic heterocycles. The second-order valence-corrected chi connectivity index (χ2v) is 15.5. The molecular weight excluding hydrogens is 569 g/mol. The lowest BCUT2D eigenvalue weighted by atomic mass is 10.0. The van der Waals surface area contributed by atoms with E-state index in [0.717, 1.165) is 0 Å². The van der Waals surface area contributed by atoms with Gasteiger partial charge in [0.2, 0.25) is 0 Å². The van der Waals surface area contributed by atoms with Crippen molar-refractivity contribution >= 4 is 0 Å². The lowest BCUT2D eigenvalue weighted by molar-refractivity contribution is -0.704. The van der Waals surface area contributed by atoms with Crippen LogP contribution in [-0.2, 0) is 19.5 Å². The highest BCUT2D eigenvalue weighted by Gasteiger charge is 2.16. The molecule has 0 N–H and O–H groups in total. The fourth-order valence-electron chi connectivity index (χ4n) is 7.56. The van der Waals surface area contributed by atoms with Crippen LogP contribution in [0.2, 0.25) is 0 Å². The Bertz CT molecular complexity index is 722.